The van der Waals surface area contributed by atoms with Crippen LogP contribution < -0.4 is 24.4 Å². The van der Waals surface area contributed by atoms with E-state index in [-0.39, 0.29) is 12.2 Å². The summed E-state index contributed by atoms with van der Waals surface area (Å²) in [5.74, 6) is 0.690. The Hall–Kier alpha value is -3.91. The van der Waals surface area contributed by atoms with Gasteiger partial charge in [-0.3, -0.25) is 9.36 Å². The lowest BCUT2D eigenvalue weighted by atomic mass is 10.0. The Labute approximate surface area is 206 Å². The molecule has 1 aliphatic heterocycles. The molecule has 0 saturated carbocycles. The third-order valence-electron chi connectivity index (χ3n) is 5.54. The van der Waals surface area contributed by atoms with Gasteiger partial charge in [0.25, 0.3) is 5.56 Å². The topological polar surface area (TPSA) is 79.1 Å². The highest BCUT2D eigenvalue weighted by atomic mass is 32.1. The van der Waals surface area contributed by atoms with Gasteiger partial charge in [-0.25, -0.2) is 9.79 Å². The van der Waals surface area contributed by atoms with E-state index in [1.165, 1.54) is 11.3 Å². The fraction of sp³-hybridized carbons (Fsp3) is 0.222. The van der Waals surface area contributed by atoms with Crippen molar-refractivity contribution in [2.24, 2.45) is 4.99 Å². The zero-order chi connectivity index (χ0) is 24.9. The molecule has 0 amide bonds. The molecule has 1 aliphatic rings. The number of esters is 1. The van der Waals surface area contributed by atoms with Crippen molar-refractivity contribution < 1.29 is 19.0 Å². The predicted molar refractivity (Wildman–Crippen MR) is 136 cm³/mol. The highest BCUT2D eigenvalue weighted by Crippen LogP contribution is 2.28. The zero-order valence-corrected chi connectivity index (χ0v) is 20.8. The van der Waals surface area contributed by atoms with Gasteiger partial charge >= 0.3 is 5.97 Å². The highest BCUT2D eigenvalue weighted by Gasteiger charge is 2.30. The molecule has 0 spiro atoms. The summed E-state index contributed by atoms with van der Waals surface area (Å²) in [6, 6.07) is 14.5. The van der Waals surface area contributed by atoms with E-state index < -0.39 is 12.0 Å². The monoisotopic (exact) mass is 490 g/mol. The van der Waals surface area contributed by atoms with E-state index in [4.69, 9.17) is 14.2 Å². The Morgan fingerprint density at radius 1 is 1.09 bits per heavy atom. The molecule has 0 aliphatic carbocycles. The molecule has 3 aromatic rings. The van der Waals surface area contributed by atoms with Gasteiger partial charge in [0.1, 0.15) is 0 Å². The Morgan fingerprint density at radius 2 is 1.83 bits per heavy atom. The molecular formula is C27H26N2O5S. The summed E-state index contributed by atoms with van der Waals surface area (Å²) in [5.41, 5.74) is 2.39. The lowest BCUT2D eigenvalue weighted by Gasteiger charge is -2.21. The molecule has 1 atom stereocenters. The average molecular weight is 491 g/mol. The first kappa shape index (κ1) is 24.2. The minimum atomic E-state index is -0.641. The molecule has 1 aromatic heterocycles. The number of nitrogens with zero attached hydrogens (tertiary/aromatic N) is 2. The number of thiazole rings is 1. The fourth-order valence-corrected chi connectivity index (χ4v) is 4.93. The van der Waals surface area contributed by atoms with E-state index in [9.17, 15) is 9.59 Å². The SMILES string of the molecule is CCOC(=O)C1=C(C)N=c2sc(=Cc3ccc(OC)c(OC)c3)c(=O)n2C1C=Cc1ccccc1. The number of fused-ring (bicyclic) bond motifs is 1. The maximum absolute atomic E-state index is 13.6. The maximum Gasteiger partial charge on any atom is 0.338 e. The van der Waals surface area contributed by atoms with E-state index in [0.29, 0.717) is 32.1 Å². The molecule has 0 saturated heterocycles. The van der Waals surface area contributed by atoms with Gasteiger partial charge in [-0.05, 0) is 43.2 Å². The number of ether oxygens (including phenoxy) is 3. The molecule has 4 rings (SSSR count). The summed E-state index contributed by atoms with van der Waals surface area (Å²) < 4.78 is 18.0. The molecule has 35 heavy (non-hydrogen) atoms. The van der Waals surface area contributed by atoms with Crippen LogP contribution in [-0.2, 0) is 9.53 Å². The number of hydrogen-bond donors (Lipinski definition) is 0. The van der Waals surface area contributed by atoms with Crippen LogP contribution in [-0.4, -0.2) is 31.4 Å². The molecule has 180 valence electrons. The van der Waals surface area contributed by atoms with Crippen LogP contribution in [0.4, 0.5) is 0 Å². The second-order valence-electron chi connectivity index (χ2n) is 7.73. The van der Waals surface area contributed by atoms with Crippen molar-refractivity contribution >= 4 is 29.5 Å². The Kier molecular flexibility index (Phi) is 7.31. The molecule has 7 nitrogen and oxygen atoms in total. The Balaban J connectivity index is 1.86. The van der Waals surface area contributed by atoms with Crippen molar-refractivity contribution in [2.75, 3.05) is 20.8 Å². The standard InChI is InChI=1S/C27H26N2O5S/c1-5-34-26(31)24-17(2)28-27-29(20(24)13-11-18-9-7-6-8-10-18)25(30)23(35-27)16-19-12-14-21(32-3)22(15-19)33-4/h6-16,20H,5H2,1-4H3. The smallest absolute Gasteiger partial charge is 0.338 e. The summed E-state index contributed by atoms with van der Waals surface area (Å²) in [5, 5.41) is 0. The average Bonchev–Trinajstić information content (AvgIpc) is 3.17. The third kappa shape index (κ3) is 4.97. The number of benzene rings is 2. The Bertz CT molecular complexity index is 1480. The summed E-state index contributed by atoms with van der Waals surface area (Å²) >= 11 is 1.27. The van der Waals surface area contributed by atoms with Crippen molar-refractivity contribution in [1.82, 2.24) is 4.57 Å². The molecule has 0 fully saturated rings. The number of rotatable bonds is 7. The normalized spacial score (nSPS) is 15.7. The van der Waals surface area contributed by atoms with E-state index in [1.54, 1.807) is 50.8 Å². The number of carbonyl (C=O) groups is 1. The van der Waals surface area contributed by atoms with Gasteiger partial charge in [0.2, 0.25) is 0 Å². The minimum absolute atomic E-state index is 0.231. The first-order valence-electron chi connectivity index (χ1n) is 11.1. The second kappa shape index (κ2) is 10.6. The van der Waals surface area contributed by atoms with Gasteiger partial charge in [-0.2, -0.15) is 0 Å². The molecule has 2 heterocycles. The Morgan fingerprint density at radius 3 is 2.51 bits per heavy atom. The van der Waals surface area contributed by atoms with Crippen LogP contribution in [0.15, 0.2) is 75.7 Å². The van der Waals surface area contributed by atoms with Crippen LogP contribution in [0, 0.1) is 0 Å². The molecule has 2 aromatic carbocycles. The van der Waals surface area contributed by atoms with Crippen LogP contribution in [0.5, 0.6) is 11.5 Å². The second-order valence-corrected chi connectivity index (χ2v) is 8.74. The minimum Gasteiger partial charge on any atom is -0.493 e. The number of methoxy groups -OCH3 is 2. The molecular weight excluding hydrogens is 464 g/mol. The van der Waals surface area contributed by atoms with Gasteiger partial charge in [0.05, 0.1) is 42.7 Å². The number of allylic oxidation sites excluding steroid dienone is 2. The quantitative estimate of drug-likeness (QED) is 0.474. The van der Waals surface area contributed by atoms with E-state index >= 15 is 0 Å². The number of carbonyl (C=O) groups excluding carboxylic acids is 1. The summed E-state index contributed by atoms with van der Waals surface area (Å²) in [7, 11) is 3.14. The van der Waals surface area contributed by atoms with Crippen molar-refractivity contribution in [1.29, 1.82) is 0 Å². The van der Waals surface area contributed by atoms with Crippen molar-refractivity contribution in [3.63, 3.8) is 0 Å². The molecule has 0 radical (unpaired) electrons. The van der Waals surface area contributed by atoms with Gasteiger partial charge < -0.3 is 14.2 Å². The first-order valence-corrected chi connectivity index (χ1v) is 11.9. The first-order chi connectivity index (χ1) is 17.0. The van der Waals surface area contributed by atoms with E-state index in [2.05, 4.69) is 4.99 Å². The van der Waals surface area contributed by atoms with Crippen LogP contribution in [0.3, 0.4) is 0 Å². The number of aromatic nitrogens is 1. The predicted octanol–water partition coefficient (Wildman–Crippen LogP) is 3.48. The zero-order valence-electron chi connectivity index (χ0n) is 20.0. The summed E-state index contributed by atoms with van der Waals surface area (Å²) in [6.07, 6.45) is 5.53. The van der Waals surface area contributed by atoms with Gasteiger partial charge in [-0.15, -0.1) is 0 Å². The third-order valence-corrected chi connectivity index (χ3v) is 6.52. The highest BCUT2D eigenvalue weighted by molar-refractivity contribution is 7.07. The lowest BCUT2D eigenvalue weighted by Crippen LogP contribution is -2.38. The summed E-state index contributed by atoms with van der Waals surface area (Å²) in [4.78, 5) is 31.5. The van der Waals surface area contributed by atoms with Crippen molar-refractivity contribution in [3.05, 3.63) is 96.7 Å². The number of hydrogen-bond acceptors (Lipinski definition) is 7. The van der Waals surface area contributed by atoms with Gasteiger partial charge in [-0.1, -0.05) is 59.9 Å². The molecule has 0 bridgehead atoms. The van der Waals surface area contributed by atoms with Crippen LogP contribution >= 0.6 is 11.3 Å². The van der Waals surface area contributed by atoms with E-state index in [1.807, 2.05) is 48.6 Å². The van der Waals surface area contributed by atoms with Crippen LogP contribution in [0.2, 0.25) is 0 Å². The van der Waals surface area contributed by atoms with Crippen molar-refractivity contribution in [2.45, 2.75) is 19.9 Å². The van der Waals surface area contributed by atoms with Crippen LogP contribution in [0.25, 0.3) is 12.2 Å². The fourth-order valence-electron chi connectivity index (χ4n) is 3.88. The lowest BCUT2D eigenvalue weighted by molar-refractivity contribution is -0.139. The van der Waals surface area contributed by atoms with E-state index in [0.717, 1.165) is 11.1 Å². The molecule has 8 heteroatoms. The van der Waals surface area contributed by atoms with Crippen LogP contribution in [0.1, 0.15) is 31.0 Å². The molecule has 1 unspecified atom stereocenters. The maximum atomic E-state index is 13.6. The van der Waals surface area contributed by atoms with Gasteiger partial charge in [0, 0.05) is 0 Å². The largest absolute Gasteiger partial charge is 0.493 e. The summed E-state index contributed by atoms with van der Waals surface area (Å²) in [6.45, 7) is 3.75. The van der Waals surface area contributed by atoms with Crippen molar-refractivity contribution in [3.8, 4) is 11.5 Å². The molecule has 0 N–H and O–H groups in total. The van der Waals surface area contributed by atoms with Gasteiger partial charge in [0.15, 0.2) is 16.3 Å².